The summed E-state index contributed by atoms with van der Waals surface area (Å²) in [4.78, 5) is 16.7. The zero-order valence-corrected chi connectivity index (χ0v) is 22.0. The molecule has 0 bridgehead atoms. The lowest BCUT2D eigenvalue weighted by Crippen LogP contribution is -2.44. The third-order valence-electron chi connectivity index (χ3n) is 7.15. The third kappa shape index (κ3) is 6.18. The number of nitrogens with one attached hydrogen (secondary N) is 1. The predicted molar refractivity (Wildman–Crippen MR) is 137 cm³/mol. The molecule has 3 aliphatic heterocycles. The van der Waals surface area contributed by atoms with Crippen LogP contribution >= 0.6 is 0 Å². The van der Waals surface area contributed by atoms with Crippen LogP contribution in [0.5, 0.6) is 0 Å². The van der Waals surface area contributed by atoms with Crippen molar-refractivity contribution in [2.24, 2.45) is 10.9 Å². The van der Waals surface area contributed by atoms with Gasteiger partial charge in [0.05, 0.1) is 22.8 Å². The Labute approximate surface area is 226 Å². The van der Waals surface area contributed by atoms with Crippen LogP contribution in [0.15, 0.2) is 41.5 Å². The van der Waals surface area contributed by atoms with E-state index < -0.39 is 33.7 Å². The molecule has 5 rings (SSSR count). The third-order valence-corrected chi connectivity index (χ3v) is 8.76. The van der Waals surface area contributed by atoms with E-state index in [1.54, 1.807) is 9.80 Å². The van der Waals surface area contributed by atoms with E-state index >= 15 is 0 Å². The number of rotatable bonds is 3. The second kappa shape index (κ2) is 10.6. The molecule has 0 radical (unpaired) electrons. The maximum absolute atomic E-state index is 13.7. The number of aliphatic imine (C=N–C) groups is 1. The molecule has 0 aliphatic carbocycles. The Morgan fingerprint density at radius 2 is 1.55 bits per heavy atom. The van der Waals surface area contributed by atoms with Crippen molar-refractivity contribution < 1.29 is 34.8 Å². The topological polar surface area (TPSA) is 90.8 Å². The van der Waals surface area contributed by atoms with Crippen LogP contribution in [0.3, 0.4) is 0 Å². The number of hydrogen-bond donors (Lipinski definition) is 1. The molecule has 8 nitrogen and oxygen atoms in total. The van der Waals surface area contributed by atoms with Crippen molar-refractivity contribution in [1.82, 2.24) is 14.9 Å². The van der Waals surface area contributed by atoms with E-state index in [9.17, 15) is 34.8 Å². The molecule has 15 heteroatoms. The maximum Gasteiger partial charge on any atom is 0.416 e. The van der Waals surface area contributed by atoms with Gasteiger partial charge in [-0.2, -0.15) is 31.3 Å². The van der Waals surface area contributed by atoms with E-state index in [-0.39, 0.29) is 68.7 Å². The number of hydrogen-bond acceptors (Lipinski definition) is 8. The Bertz CT molecular complexity index is 1410. The summed E-state index contributed by atoms with van der Waals surface area (Å²) < 4.78 is 104. The van der Waals surface area contributed by atoms with Crippen molar-refractivity contribution in [2.45, 2.75) is 31.6 Å². The Hall–Kier alpha value is -3.36. The quantitative estimate of drug-likeness (QED) is 0.533. The molecule has 1 aromatic carbocycles. The second-order valence-electron chi connectivity index (χ2n) is 9.83. The fraction of sp³-hybridized carbons (Fsp3) is 0.480. The van der Waals surface area contributed by atoms with E-state index in [2.05, 4.69) is 20.3 Å². The molecule has 4 heterocycles. The lowest BCUT2D eigenvalue weighted by molar-refractivity contribution is -0.156. The fourth-order valence-electron chi connectivity index (χ4n) is 4.96. The van der Waals surface area contributed by atoms with Gasteiger partial charge >= 0.3 is 12.4 Å². The largest absolute Gasteiger partial charge is 0.416 e. The first-order chi connectivity index (χ1) is 18.8. The van der Waals surface area contributed by atoms with E-state index in [4.69, 9.17) is 0 Å². The van der Waals surface area contributed by atoms with Gasteiger partial charge in [-0.1, -0.05) is 6.08 Å². The number of fused-ring (bicyclic) bond motifs is 1. The molecule has 2 aromatic rings. The van der Waals surface area contributed by atoms with Crippen molar-refractivity contribution in [2.75, 3.05) is 47.9 Å². The van der Waals surface area contributed by atoms with Crippen LogP contribution in [-0.4, -0.2) is 73.0 Å². The molecule has 0 amide bonds. The Morgan fingerprint density at radius 3 is 2.20 bits per heavy atom. The molecule has 3 aliphatic rings. The molecular formula is C25H26F6N6O2S. The van der Waals surface area contributed by atoms with Gasteiger partial charge in [-0.05, 0) is 37.1 Å². The van der Waals surface area contributed by atoms with Crippen LogP contribution in [0.4, 0.5) is 43.8 Å². The highest BCUT2D eigenvalue weighted by atomic mass is 32.2. The van der Waals surface area contributed by atoms with Gasteiger partial charge in [-0.25, -0.2) is 18.4 Å². The number of anilines is 3. The van der Waals surface area contributed by atoms with Crippen molar-refractivity contribution in [3.8, 4) is 0 Å². The SMILES string of the molecule is O=S1(=O)CCN(c2nc3c(c(Nc4ccc(C(F)(F)F)cc4)n2)CCN(C2=NC=CCC2C(F)(F)F)CC3)CC1. The van der Waals surface area contributed by atoms with E-state index in [0.29, 0.717) is 22.8 Å². The first-order valence-corrected chi connectivity index (χ1v) is 14.5. The number of aromatic nitrogens is 2. The summed E-state index contributed by atoms with van der Waals surface area (Å²) in [6.07, 6.45) is -5.87. The molecule has 1 unspecified atom stereocenters. The molecular weight excluding hydrogens is 562 g/mol. The minimum atomic E-state index is -4.50. The predicted octanol–water partition coefficient (Wildman–Crippen LogP) is 4.37. The highest BCUT2D eigenvalue weighted by Gasteiger charge is 2.45. The monoisotopic (exact) mass is 588 g/mol. The molecule has 1 aromatic heterocycles. The highest BCUT2D eigenvalue weighted by Crippen LogP contribution is 2.35. The van der Waals surface area contributed by atoms with Crippen LogP contribution in [0.2, 0.25) is 0 Å². The number of sulfone groups is 1. The zero-order valence-electron chi connectivity index (χ0n) is 21.1. The summed E-state index contributed by atoms with van der Waals surface area (Å²) in [7, 11) is -3.18. The first kappa shape index (κ1) is 28.2. The van der Waals surface area contributed by atoms with Crippen LogP contribution < -0.4 is 10.2 Å². The fourth-order valence-corrected chi connectivity index (χ4v) is 6.16. The maximum atomic E-state index is 13.7. The van der Waals surface area contributed by atoms with Crippen LogP contribution in [0, 0.1) is 5.92 Å². The van der Waals surface area contributed by atoms with Crippen LogP contribution in [0.25, 0.3) is 0 Å². The number of amidine groups is 1. The van der Waals surface area contributed by atoms with Crippen molar-refractivity contribution in [3.05, 3.63) is 53.4 Å². The lowest BCUT2D eigenvalue weighted by atomic mass is 10.0. The van der Waals surface area contributed by atoms with Gasteiger partial charge < -0.3 is 15.1 Å². The molecule has 1 N–H and O–H groups in total. The smallest absolute Gasteiger partial charge is 0.359 e. The van der Waals surface area contributed by atoms with Gasteiger partial charge in [-0.3, -0.25) is 0 Å². The van der Waals surface area contributed by atoms with E-state index in [1.807, 2.05) is 0 Å². The molecule has 1 fully saturated rings. The standard InChI is InChI=1S/C25H26F6N6O2S/c26-24(27,28)16-3-5-17(6-4-16)33-21-18-7-10-36(22-19(25(29,30)31)2-1-9-32-22)11-8-20(18)34-23(35-21)37-12-14-40(38,39)15-13-37/h1,3-6,9,19H,2,7-8,10-15H2,(H,33,34,35). The van der Waals surface area contributed by atoms with Gasteiger partial charge in [0.2, 0.25) is 5.95 Å². The van der Waals surface area contributed by atoms with Gasteiger partial charge in [0.25, 0.3) is 0 Å². The van der Waals surface area contributed by atoms with Crippen LogP contribution in [0.1, 0.15) is 23.2 Å². The minimum Gasteiger partial charge on any atom is -0.359 e. The lowest BCUT2D eigenvalue weighted by Gasteiger charge is -2.32. The van der Waals surface area contributed by atoms with Gasteiger partial charge in [-0.15, -0.1) is 0 Å². The molecule has 1 saturated heterocycles. The Kier molecular flexibility index (Phi) is 7.44. The normalized spacial score (nSPS) is 21.4. The summed E-state index contributed by atoms with van der Waals surface area (Å²) in [5.74, 6) is -1.37. The number of allylic oxidation sites excluding steroid dienone is 1. The van der Waals surface area contributed by atoms with E-state index in [0.717, 1.165) is 12.1 Å². The molecule has 40 heavy (non-hydrogen) atoms. The molecule has 1 atom stereocenters. The van der Waals surface area contributed by atoms with Crippen molar-refractivity contribution >= 4 is 33.1 Å². The summed E-state index contributed by atoms with van der Waals surface area (Å²) in [5, 5.41) is 3.06. The Balaban J connectivity index is 1.46. The van der Waals surface area contributed by atoms with Gasteiger partial charge in [0, 0.05) is 50.1 Å². The summed E-state index contributed by atoms with van der Waals surface area (Å²) in [5.41, 5.74) is 0.727. The number of benzene rings is 1. The average molecular weight is 589 g/mol. The number of halogens is 6. The van der Waals surface area contributed by atoms with Crippen LogP contribution in [-0.2, 0) is 28.9 Å². The van der Waals surface area contributed by atoms with Gasteiger partial charge in [0.1, 0.15) is 17.6 Å². The summed E-state index contributed by atoms with van der Waals surface area (Å²) >= 11 is 0. The first-order valence-electron chi connectivity index (χ1n) is 12.6. The second-order valence-corrected chi connectivity index (χ2v) is 12.1. The number of nitrogens with zero attached hydrogens (tertiary/aromatic N) is 5. The molecule has 0 spiro atoms. The van der Waals surface area contributed by atoms with Gasteiger partial charge in [0.15, 0.2) is 9.84 Å². The van der Waals surface area contributed by atoms with Crippen molar-refractivity contribution in [1.29, 1.82) is 0 Å². The van der Waals surface area contributed by atoms with Crippen molar-refractivity contribution in [3.63, 3.8) is 0 Å². The van der Waals surface area contributed by atoms with E-state index in [1.165, 1.54) is 24.4 Å². The number of alkyl halides is 6. The molecule has 216 valence electrons. The molecule has 0 saturated carbocycles. The highest BCUT2D eigenvalue weighted by molar-refractivity contribution is 7.91. The minimum absolute atomic E-state index is 0.0607. The average Bonchev–Trinajstić information content (AvgIpc) is 3.11. The zero-order chi connectivity index (χ0) is 28.7. The summed E-state index contributed by atoms with van der Waals surface area (Å²) in [6.45, 7) is 0.766. The Morgan fingerprint density at radius 1 is 0.875 bits per heavy atom. The summed E-state index contributed by atoms with van der Waals surface area (Å²) in [6, 6.07) is 4.41.